The third-order valence-corrected chi connectivity index (χ3v) is 5.34. The molecule has 1 aliphatic rings. The van der Waals surface area contributed by atoms with Crippen molar-refractivity contribution in [1.29, 1.82) is 0 Å². The van der Waals surface area contributed by atoms with Crippen molar-refractivity contribution in [3.8, 4) is 5.75 Å². The molecule has 0 aliphatic carbocycles. The summed E-state index contributed by atoms with van der Waals surface area (Å²) in [6, 6.07) is 10.9. The summed E-state index contributed by atoms with van der Waals surface area (Å²) in [5.74, 6) is 1.43. The molecule has 0 saturated heterocycles. The normalized spacial score (nSPS) is 14.3. The Labute approximate surface area is 168 Å². The summed E-state index contributed by atoms with van der Waals surface area (Å²) in [7, 11) is 1.60. The van der Waals surface area contributed by atoms with E-state index in [2.05, 4.69) is 0 Å². The maximum atomic E-state index is 13.0. The molecule has 0 bridgehead atoms. The van der Waals surface area contributed by atoms with Gasteiger partial charge in [-0.1, -0.05) is 12.1 Å². The maximum absolute atomic E-state index is 13.0. The largest absolute Gasteiger partial charge is 0.494 e. The monoisotopic (exact) mass is 401 g/mol. The molecule has 6 nitrogen and oxygen atoms in total. The zero-order valence-corrected chi connectivity index (χ0v) is 16.8. The number of imide groups is 1. The molecule has 0 radical (unpaired) electrons. The number of rotatable bonds is 10. The van der Waals surface area contributed by atoms with Gasteiger partial charge in [0.05, 0.1) is 29.1 Å². The zero-order chi connectivity index (χ0) is 19.9. The lowest BCUT2D eigenvalue weighted by atomic mass is 10.1. The molecule has 2 aromatic rings. The number of hydrogen-bond acceptors (Lipinski definition) is 6. The summed E-state index contributed by atoms with van der Waals surface area (Å²) in [5.41, 5.74) is 1.14. The van der Waals surface area contributed by atoms with E-state index >= 15 is 0 Å². The minimum atomic E-state index is -0.271. The average Bonchev–Trinajstić information content (AvgIpc) is 3.29. The van der Waals surface area contributed by atoms with Crippen molar-refractivity contribution in [1.82, 2.24) is 4.90 Å². The van der Waals surface area contributed by atoms with Crippen LogP contribution in [-0.2, 0) is 20.1 Å². The molecule has 0 atom stereocenters. The van der Waals surface area contributed by atoms with Crippen molar-refractivity contribution in [2.75, 3.05) is 26.9 Å². The van der Waals surface area contributed by atoms with Gasteiger partial charge in [-0.3, -0.25) is 14.5 Å². The molecule has 2 amide bonds. The van der Waals surface area contributed by atoms with E-state index in [-0.39, 0.29) is 11.8 Å². The van der Waals surface area contributed by atoms with E-state index in [9.17, 15) is 9.59 Å². The van der Waals surface area contributed by atoms with E-state index in [1.165, 1.54) is 16.7 Å². The van der Waals surface area contributed by atoms with Crippen LogP contribution in [0.3, 0.4) is 0 Å². The van der Waals surface area contributed by atoms with Crippen LogP contribution in [0.2, 0.25) is 0 Å². The van der Waals surface area contributed by atoms with Crippen molar-refractivity contribution >= 4 is 29.1 Å². The van der Waals surface area contributed by atoms with Crippen LogP contribution >= 0.6 is 11.8 Å². The highest BCUT2D eigenvalue weighted by Gasteiger charge is 2.38. The van der Waals surface area contributed by atoms with Crippen LogP contribution < -0.4 is 4.74 Å². The number of methoxy groups -OCH3 is 1. The van der Waals surface area contributed by atoms with Gasteiger partial charge in [0.1, 0.15) is 11.5 Å². The number of nitrogens with zero attached hydrogens (tertiary/aromatic N) is 1. The fraction of sp³-hybridized carbons (Fsp3) is 0.333. The standard InChI is InChI=1S/C21H23NO5S/c1-3-26-16-9-7-15(8-10-16)18-19(28-14-17-6-4-13-27-17)21(24)22(20(18)23)11-5-12-25-2/h4,6-10,13H,3,5,11-12,14H2,1-2H3. The molecule has 7 heteroatoms. The van der Waals surface area contributed by atoms with Crippen LogP contribution in [0, 0.1) is 0 Å². The fourth-order valence-corrected chi connectivity index (χ4v) is 3.97. The van der Waals surface area contributed by atoms with Gasteiger partial charge in [0.15, 0.2) is 0 Å². The van der Waals surface area contributed by atoms with Crippen LogP contribution in [0.4, 0.5) is 0 Å². The smallest absolute Gasteiger partial charge is 0.267 e. The predicted octanol–water partition coefficient (Wildman–Crippen LogP) is 3.73. The number of carbonyl (C=O) groups is 2. The Balaban J connectivity index is 1.88. The zero-order valence-electron chi connectivity index (χ0n) is 16.0. The lowest BCUT2D eigenvalue weighted by molar-refractivity contribution is -0.136. The van der Waals surface area contributed by atoms with Crippen molar-refractivity contribution in [3.05, 3.63) is 58.9 Å². The number of carbonyl (C=O) groups excluding carboxylic acids is 2. The Morgan fingerprint density at radius 2 is 1.89 bits per heavy atom. The van der Waals surface area contributed by atoms with Gasteiger partial charge in [0.2, 0.25) is 0 Å². The van der Waals surface area contributed by atoms with E-state index in [0.717, 1.165) is 11.5 Å². The number of furan rings is 1. The summed E-state index contributed by atoms with van der Waals surface area (Å²) < 4.78 is 15.9. The van der Waals surface area contributed by atoms with Crippen molar-refractivity contribution < 1.29 is 23.5 Å². The third-order valence-electron chi connectivity index (χ3n) is 4.25. The first-order valence-electron chi connectivity index (χ1n) is 9.13. The van der Waals surface area contributed by atoms with Crippen LogP contribution in [0.25, 0.3) is 5.57 Å². The van der Waals surface area contributed by atoms with Gasteiger partial charge in [-0.15, -0.1) is 11.8 Å². The molecule has 0 spiro atoms. The molecule has 148 valence electrons. The predicted molar refractivity (Wildman–Crippen MR) is 108 cm³/mol. The van der Waals surface area contributed by atoms with Gasteiger partial charge in [0.25, 0.3) is 11.8 Å². The van der Waals surface area contributed by atoms with Crippen LogP contribution in [0.1, 0.15) is 24.7 Å². The minimum absolute atomic E-state index is 0.262. The van der Waals surface area contributed by atoms with E-state index in [0.29, 0.717) is 48.0 Å². The Morgan fingerprint density at radius 3 is 2.54 bits per heavy atom. The molecule has 0 unspecified atom stereocenters. The molecule has 3 rings (SSSR count). The molecule has 0 N–H and O–H groups in total. The summed E-state index contributed by atoms with van der Waals surface area (Å²) in [6.07, 6.45) is 2.19. The topological polar surface area (TPSA) is 69.0 Å². The first-order valence-corrected chi connectivity index (χ1v) is 10.1. The Morgan fingerprint density at radius 1 is 1.11 bits per heavy atom. The van der Waals surface area contributed by atoms with Gasteiger partial charge in [0, 0.05) is 20.3 Å². The highest BCUT2D eigenvalue weighted by Crippen LogP contribution is 2.38. The number of benzene rings is 1. The number of ether oxygens (including phenoxy) is 2. The summed E-state index contributed by atoms with van der Waals surface area (Å²) in [5, 5.41) is 0. The van der Waals surface area contributed by atoms with Crippen LogP contribution in [-0.4, -0.2) is 43.6 Å². The van der Waals surface area contributed by atoms with Crippen molar-refractivity contribution in [2.24, 2.45) is 0 Å². The number of thioether (sulfide) groups is 1. The second kappa shape index (κ2) is 9.61. The summed E-state index contributed by atoms with van der Waals surface area (Å²) >= 11 is 1.33. The van der Waals surface area contributed by atoms with Gasteiger partial charge >= 0.3 is 0 Å². The Hall–Kier alpha value is -2.51. The Bertz CT molecular complexity index is 842. The van der Waals surface area contributed by atoms with Crippen molar-refractivity contribution in [3.63, 3.8) is 0 Å². The first kappa shape index (κ1) is 20.2. The van der Waals surface area contributed by atoms with Crippen LogP contribution in [0.15, 0.2) is 52.0 Å². The maximum Gasteiger partial charge on any atom is 0.267 e. The summed E-state index contributed by atoms with van der Waals surface area (Å²) in [6.45, 7) is 3.30. The van der Waals surface area contributed by atoms with Gasteiger partial charge < -0.3 is 13.9 Å². The van der Waals surface area contributed by atoms with Crippen LogP contribution in [0.5, 0.6) is 5.75 Å². The van der Waals surface area contributed by atoms with Gasteiger partial charge in [-0.25, -0.2) is 0 Å². The molecule has 1 aliphatic heterocycles. The molecule has 0 fully saturated rings. The first-order chi connectivity index (χ1) is 13.7. The van der Waals surface area contributed by atoms with Crippen molar-refractivity contribution in [2.45, 2.75) is 19.1 Å². The van der Waals surface area contributed by atoms with E-state index < -0.39 is 0 Å². The van der Waals surface area contributed by atoms with E-state index in [1.807, 2.05) is 37.3 Å². The third kappa shape index (κ3) is 4.48. The molecular weight excluding hydrogens is 378 g/mol. The van der Waals surface area contributed by atoms with E-state index in [1.54, 1.807) is 19.4 Å². The van der Waals surface area contributed by atoms with E-state index in [4.69, 9.17) is 13.9 Å². The molecule has 1 aromatic carbocycles. The second-order valence-electron chi connectivity index (χ2n) is 6.14. The minimum Gasteiger partial charge on any atom is -0.494 e. The fourth-order valence-electron chi connectivity index (χ4n) is 2.93. The lowest BCUT2D eigenvalue weighted by Crippen LogP contribution is -2.33. The molecule has 2 heterocycles. The Kier molecular flexibility index (Phi) is 6.95. The average molecular weight is 401 g/mol. The number of amides is 2. The quantitative estimate of drug-likeness (QED) is 0.446. The number of hydrogen-bond donors (Lipinski definition) is 0. The lowest BCUT2D eigenvalue weighted by Gasteiger charge is -2.14. The molecule has 28 heavy (non-hydrogen) atoms. The van der Waals surface area contributed by atoms with Gasteiger partial charge in [-0.05, 0) is 43.2 Å². The second-order valence-corrected chi connectivity index (χ2v) is 7.12. The molecular formula is C21H23NO5S. The highest BCUT2D eigenvalue weighted by atomic mass is 32.2. The molecule has 0 saturated carbocycles. The highest BCUT2D eigenvalue weighted by molar-refractivity contribution is 8.03. The van der Waals surface area contributed by atoms with Gasteiger partial charge in [-0.2, -0.15) is 0 Å². The SMILES string of the molecule is CCOc1ccc(C2=C(SCc3ccco3)C(=O)N(CCCOC)C2=O)cc1. The molecule has 1 aromatic heterocycles. The summed E-state index contributed by atoms with van der Waals surface area (Å²) in [4.78, 5) is 27.7.